The van der Waals surface area contributed by atoms with Crippen LogP contribution in [0.5, 0.6) is 11.5 Å². The molecular formula is C19H19FN2O4S. The second kappa shape index (κ2) is 9.38. The van der Waals surface area contributed by atoms with Crippen LogP contribution in [0, 0.1) is 5.82 Å². The van der Waals surface area contributed by atoms with E-state index in [1.54, 1.807) is 6.92 Å². The van der Waals surface area contributed by atoms with Crippen molar-refractivity contribution in [1.82, 2.24) is 10.2 Å². The number of thioether (sulfide) groups is 1. The predicted molar refractivity (Wildman–Crippen MR) is 98.4 cm³/mol. The van der Waals surface area contributed by atoms with E-state index in [-0.39, 0.29) is 12.4 Å². The van der Waals surface area contributed by atoms with Crippen LogP contribution in [-0.2, 0) is 0 Å². The molecule has 0 aliphatic rings. The molecule has 1 N–H and O–H groups in total. The highest BCUT2D eigenvalue weighted by Gasteiger charge is 2.17. The Kier molecular flexibility index (Phi) is 6.67. The van der Waals surface area contributed by atoms with E-state index >= 15 is 0 Å². The number of aromatic nitrogens is 2. The number of hydrogen-bond acceptors (Lipinski definition) is 7. The molecule has 0 spiro atoms. The van der Waals surface area contributed by atoms with Crippen LogP contribution in [-0.4, -0.2) is 33.8 Å². The third-order valence-electron chi connectivity index (χ3n) is 3.48. The van der Waals surface area contributed by atoms with E-state index in [2.05, 4.69) is 10.2 Å². The first-order valence-corrected chi connectivity index (χ1v) is 9.33. The molecule has 142 valence electrons. The van der Waals surface area contributed by atoms with Crippen molar-refractivity contribution in [2.75, 3.05) is 12.4 Å². The van der Waals surface area contributed by atoms with Crippen LogP contribution in [0.1, 0.15) is 18.9 Å². The Bertz CT molecular complexity index is 829. The van der Waals surface area contributed by atoms with Crippen LogP contribution < -0.4 is 9.47 Å². The highest BCUT2D eigenvalue weighted by atomic mass is 32.2. The fourth-order valence-corrected chi connectivity index (χ4v) is 2.81. The van der Waals surface area contributed by atoms with Gasteiger partial charge in [0.25, 0.3) is 11.1 Å². The van der Waals surface area contributed by atoms with Crippen molar-refractivity contribution in [2.45, 2.75) is 24.4 Å². The van der Waals surface area contributed by atoms with E-state index < -0.39 is 12.2 Å². The lowest BCUT2D eigenvalue weighted by atomic mass is 10.3. The van der Waals surface area contributed by atoms with Crippen molar-refractivity contribution in [3.05, 3.63) is 66.3 Å². The largest absolute Gasteiger partial charge is 0.491 e. The van der Waals surface area contributed by atoms with Crippen LogP contribution in [0.3, 0.4) is 0 Å². The van der Waals surface area contributed by atoms with E-state index in [0.29, 0.717) is 28.4 Å². The zero-order valence-corrected chi connectivity index (χ0v) is 15.4. The van der Waals surface area contributed by atoms with E-state index in [0.717, 1.165) is 0 Å². The number of ether oxygens (including phenoxy) is 2. The Hall–Kier alpha value is -2.58. The van der Waals surface area contributed by atoms with Crippen molar-refractivity contribution in [2.24, 2.45) is 0 Å². The topological polar surface area (TPSA) is 77.6 Å². The Labute approximate surface area is 160 Å². The average Bonchev–Trinajstić information content (AvgIpc) is 3.16. The standard InChI is InChI=1S/C19H19FN2O4S/c1-13(25-17-9-7-14(20)8-10-17)18-21-22-19(26-18)27-12-15(23)11-24-16-5-3-2-4-6-16/h2-10,13,15,23H,11-12H2,1H3/t13-,15-/m0/s1. The number of aliphatic hydroxyl groups excluding tert-OH is 1. The molecule has 6 nitrogen and oxygen atoms in total. The van der Waals surface area contributed by atoms with E-state index in [1.165, 1.54) is 36.0 Å². The minimum Gasteiger partial charge on any atom is -0.491 e. The average molecular weight is 390 g/mol. The number of aliphatic hydroxyl groups is 1. The van der Waals surface area contributed by atoms with E-state index in [4.69, 9.17) is 13.9 Å². The first-order chi connectivity index (χ1) is 13.1. The molecule has 8 heteroatoms. The van der Waals surface area contributed by atoms with Crippen LogP contribution in [0.15, 0.2) is 64.2 Å². The van der Waals surface area contributed by atoms with Crippen LogP contribution in [0.2, 0.25) is 0 Å². The molecule has 2 aromatic carbocycles. The van der Waals surface area contributed by atoms with E-state index in [1.807, 2.05) is 30.3 Å². The predicted octanol–water partition coefficient (Wildman–Crippen LogP) is 3.88. The van der Waals surface area contributed by atoms with Crippen molar-refractivity contribution in [1.29, 1.82) is 0 Å². The summed E-state index contributed by atoms with van der Waals surface area (Å²) in [5.41, 5.74) is 0. The molecule has 0 radical (unpaired) electrons. The van der Waals surface area contributed by atoms with Gasteiger partial charge in [0.05, 0.1) is 6.10 Å². The molecule has 0 aliphatic heterocycles. The van der Waals surface area contributed by atoms with Gasteiger partial charge in [-0.05, 0) is 43.3 Å². The van der Waals surface area contributed by atoms with Crippen molar-refractivity contribution in [3.8, 4) is 11.5 Å². The quantitative estimate of drug-likeness (QED) is 0.556. The zero-order valence-electron chi connectivity index (χ0n) is 14.6. The van der Waals surface area contributed by atoms with Gasteiger partial charge in [-0.3, -0.25) is 0 Å². The summed E-state index contributed by atoms with van der Waals surface area (Å²) < 4.78 is 29.6. The Morgan fingerprint density at radius 3 is 2.56 bits per heavy atom. The van der Waals surface area contributed by atoms with Crippen molar-refractivity contribution < 1.29 is 23.4 Å². The van der Waals surface area contributed by atoms with Crippen molar-refractivity contribution >= 4 is 11.8 Å². The fraction of sp³-hybridized carbons (Fsp3) is 0.263. The molecule has 0 bridgehead atoms. The Morgan fingerprint density at radius 1 is 1.07 bits per heavy atom. The zero-order chi connectivity index (χ0) is 19.1. The molecule has 3 aromatic rings. The maximum absolute atomic E-state index is 12.9. The summed E-state index contributed by atoms with van der Waals surface area (Å²) in [5.74, 6) is 1.53. The number of halogens is 1. The SMILES string of the molecule is C[C@H](Oc1ccc(F)cc1)c1nnc(SC[C@@H](O)COc2ccccc2)o1. The van der Waals surface area contributed by atoms with Crippen molar-refractivity contribution in [3.63, 3.8) is 0 Å². The molecule has 0 saturated carbocycles. The van der Waals surface area contributed by atoms with Gasteiger partial charge in [-0.15, -0.1) is 10.2 Å². The normalized spacial score (nSPS) is 13.1. The molecule has 0 aliphatic carbocycles. The lowest BCUT2D eigenvalue weighted by Crippen LogP contribution is -2.20. The lowest BCUT2D eigenvalue weighted by molar-refractivity contribution is 0.126. The van der Waals surface area contributed by atoms with Crippen LogP contribution in [0.4, 0.5) is 4.39 Å². The summed E-state index contributed by atoms with van der Waals surface area (Å²) in [6, 6.07) is 15.0. The van der Waals surface area contributed by atoms with Gasteiger partial charge in [-0.25, -0.2) is 4.39 Å². The smallest absolute Gasteiger partial charge is 0.276 e. The minimum atomic E-state index is -0.682. The number of benzene rings is 2. The summed E-state index contributed by atoms with van der Waals surface area (Å²) in [6.07, 6.45) is -1.16. The van der Waals surface area contributed by atoms with Gasteiger partial charge in [0.1, 0.15) is 23.9 Å². The molecule has 27 heavy (non-hydrogen) atoms. The number of para-hydroxylation sites is 1. The fourth-order valence-electron chi connectivity index (χ4n) is 2.14. The molecule has 1 heterocycles. The number of hydrogen-bond donors (Lipinski definition) is 1. The lowest BCUT2D eigenvalue weighted by Gasteiger charge is -2.11. The summed E-state index contributed by atoms with van der Waals surface area (Å²) in [7, 11) is 0. The molecule has 0 fully saturated rings. The summed E-state index contributed by atoms with van der Waals surface area (Å²) in [6.45, 7) is 1.93. The molecule has 2 atom stereocenters. The highest BCUT2D eigenvalue weighted by molar-refractivity contribution is 7.99. The van der Waals surface area contributed by atoms with Gasteiger partial charge in [-0.1, -0.05) is 30.0 Å². The van der Waals surface area contributed by atoms with E-state index in [9.17, 15) is 9.50 Å². The molecule has 0 saturated heterocycles. The third kappa shape index (κ3) is 5.97. The summed E-state index contributed by atoms with van der Waals surface area (Å²) >= 11 is 1.23. The van der Waals surface area contributed by atoms with Gasteiger partial charge < -0.3 is 19.0 Å². The second-order valence-corrected chi connectivity index (χ2v) is 6.68. The Morgan fingerprint density at radius 2 is 1.81 bits per heavy atom. The van der Waals surface area contributed by atoms with Gasteiger partial charge in [0, 0.05) is 5.75 Å². The first-order valence-electron chi connectivity index (χ1n) is 8.34. The summed E-state index contributed by atoms with van der Waals surface area (Å²) in [4.78, 5) is 0. The number of nitrogens with zero attached hydrogens (tertiary/aromatic N) is 2. The first kappa shape index (κ1) is 19.2. The number of rotatable bonds is 9. The minimum absolute atomic E-state index is 0.169. The third-order valence-corrected chi connectivity index (χ3v) is 4.44. The van der Waals surface area contributed by atoms with Gasteiger partial charge in [0.15, 0.2) is 6.10 Å². The highest BCUT2D eigenvalue weighted by Crippen LogP contribution is 2.24. The molecule has 1 aromatic heterocycles. The van der Waals surface area contributed by atoms with Gasteiger partial charge >= 0.3 is 0 Å². The Balaban J connectivity index is 1.45. The maximum atomic E-state index is 12.9. The van der Waals surface area contributed by atoms with Gasteiger partial charge in [0.2, 0.25) is 0 Å². The summed E-state index contributed by atoms with van der Waals surface area (Å²) in [5, 5.41) is 18.2. The molecule has 0 unspecified atom stereocenters. The molecule has 0 amide bonds. The van der Waals surface area contributed by atoms with Crippen LogP contribution >= 0.6 is 11.8 Å². The molecular weight excluding hydrogens is 371 g/mol. The maximum Gasteiger partial charge on any atom is 0.276 e. The second-order valence-electron chi connectivity index (χ2n) is 5.71. The van der Waals surface area contributed by atoms with Gasteiger partial charge in [-0.2, -0.15) is 0 Å². The molecule has 3 rings (SSSR count). The van der Waals surface area contributed by atoms with Crippen LogP contribution in [0.25, 0.3) is 0 Å². The monoisotopic (exact) mass is 390 g/mol.